The molecule has 17 heavy (non-hydrogen) atoms. The molecule has 0 unspecified atom stereocenters. The van der Waals surface area contributed by atoms with Crippen molar-refractivity contribution in [1.82, 2.24) is 14.5 Å². The van der Waals surface area contributed by atoms with Crippen molar-refractivity contribution >= 4 is 28.3 Å². The zero-order chi connectivity index (χ0) is 11.8. The second kappa shape index (κ2) is 3.85. The topological polar surface area (TPSA) is 56.7 Å². The third-order valence-electron chi connectivity index (χ3n) is 2.79. The number of thiazole rings is 1. The highest BCUT2D eigenvalue weighted by atomic mass is 32.1. The predicted octanol–water partition coefficient (Wildman–Crippen LogP) is 2.43. The van der Waals surface area contributed by atoms with Crippen LogP contribution in [0.4, 0.5) is 5.95 Å². The van der Waals surface area contributed by atoms with Crippen LogP contribution in [-0.2, 0) is 6.54 Å². The van der Waals surface area contributed by atoms with E-state index in [-0.39, 0.29) is 0 Å². The largest absolute Gasteiger partial charge is 0.369 e. The van der Waals surface area contributed by atoms with Gasteiger partial charge in [0.2, 0.25) is 5.95 Å². The van der Waals surface area contributed by atoms with Crippen molar-refractivity contribution in [2.45, 2.75) is 13.5 Å². The van der Waals surface area contributed by atoms with E-state index in [1.807, 2.05) is 35.1 Å². The Bertz CT molecular complexity index is 655. The molecule has 0 amide bonds. The zero-order valence-corrected chi connectivity index (χ0v) is 10.2. The second-order valence-electron chi connectivity index (χ2n) is 3.92. The molecule has 2 heterocycles. The lowest BCUT2D eigenvalue weighted by Crippen LogP contribution is -2.04. The van der Waals surface area contributed by atoms with Crippen molar-refractivity contribution in [3.8, 4) is 0 Å². The van der Waals surface area contributed by atoms with Crippen molar-refractivity contribution in [1.29, 1.82) is 0 Å². The first-order valence-electron chi connectivity index (χ1n) is 5.35. The summed E-state index contributed by atoms with van der Waals surface area (Å²) in [5.74, 6) is 0.546. The summed E-state index contributed by atoms with van der Waals surface area (Å²) in [6.07, 6.45) is 1.81. The predicted molar refractivity (Wildman–Crippen MR) is 70.1 cm³/mol. The first-order valence-corrected chi connectivity index (χ1v) is 6.23. The minimum absolute atomic E-state index is 0.546. The highest BCUT2D eigenvalue weighted by Gasteiger charge is 2.10. The van der Waals surface area contributed by atoms with Crippen LogP contribution in [0, 0.1) is 6.92 Å². The standard InChI is InChI=1S/C12H12N4S/c1-8-3-2-4-9-11(8)15-12(13)16(9)7-10-14-5-6-17-10/h2-6H,7H2,1H3,(H2,13,15). The molecule has 0 aliphatic carbocycles. The van der Waals surface area contributed by atoms with E-state index in [2.05, 4.69) is 9.97 Å². The first-order chi connectivity index (χ1) is 8.25. The Kier molecular flexibility index (Phi) is 2.33. The molecule has 3 rings (SSSR count). The van der Waals surface area contributed by atoms with Crippen molar-refractivity contribution in [3.05, 3.63) is 40.3 Å². The third kappa shape index (κ3) is 1.68. The van der Waals surface area contributed by atoms with Gasteiger partial charge in [0, 0.05) is 11.6 Å². The molecular weight excluding hydrogens is 232 g/mol. The number of hydrogen-bond acceptors (Lipinski definition) is 4. The number of rotatable bonds is 2. The van der Waals surface area contributed by atoms with Gasteiger partial charge < -0.3 is 10.3 Å². The Morgan fingerprint density at radius 2 is 2.29 bits per heavy atom. The molecule has 0 radical (unpaired) electrons. The summed E-state index contributed by atoms with van der Waals surface area (Å²) in [6.45, 7) is 2.73. The van der Waals surface area contributed by atoms with Gasteiger partial charge >= 0.3 is 0 Å². The van der Waals surface area contributed by atoms with Crippen LogP contribution in [0.25, 0.3) is 11.0 Å². The smallest absolute Gasteiger partial charge is 0.201 e. The van der Waals surface area contributed by atoms with E-state index >= 15 is 0 Å². The second-order valence-corrected chi connectivity index (χ2v) is 4.90. The lowest BCUT2D eigenvalue weighted by molar-refractivity contribution is 0.830. The normalized spacial score (nSPS) is 11.1. The molecule has 0 aliphatic heterocycles. The van der Waals surface area contributed by atoms with E-state index in [1.165, 1.54) is 0 Å². The van der Waals surface area contributed by atoms with Gasteiger partial charge in [-0.1, -0.05) is 12.1 Å². The Morgan fingerprint density at radius 3 is 3.06 bits per heavy atom. The fourth-order valence-electron chi connectivity index (χ4n) is 1.94. The van der Waals surface area contributed by atoms with Crippen molar-refractivity contribution in [3.63, 3.8) is 0 Å². The average molecular weight is 244 g/mol. The van der Waals surface area contributed by atoms with E-state index in [1.54, 1.807) is 17.5 Å². The Morgan fingerprint density at radius 1 is 1.41 bits per heavy atom. The molecule has 5 heteroatoms. The highest BCUT2D eigenvalue weighted by molar-refractivity contribution is 7.09. The summed E-state index contributed by atoms with van der Waals surface area (Å²) in [5, 5.41) is 3.01. The van der Waals surface area contributed by atoms with Crippen LogP contribution in [0.2, 0.25) is 0 Å². The van der Waals surface area contributed by atoms with Gasteiger partial charge in [0.25, 0.3) is 0 Å². The number of nitrogens with two attached hydrogens (primary N) is 1. The number of nitrogens with zero attached hydrogens (tertiary/aromatic N) is 3. The molecule has 0 saturated heterocycles. The van der Waals surface area contributed by atoms with Gasteiger partial charge in [0.15, 0.2) is 0 Å². The summed E-state index contributed by atoms with van der Waals surface area (Å²) in [4.78, 5) is 8.69. The number of anilines is 1. The van der Waals surface area contributed by atoms with E-state index in [4.69, 9.17) is 5.73 Å². The zero-order valence-electron chi connectivity index (χ0n) is 9.42. The molecule has 0 aliphatic rings. The number of imidazole rings is 1. The van der Waals surface area contributed by atoms with Crippen molar-refractivity contribution in [2.24, 2.45) is 0 Å². The molecule has 86 valence electrons. The van der Waals surface area contributed by atoms with Crippen LogP contribution in [-0.4, -0.2) is 14.5 Å². The van der Waals surface area contributed by atoms with Gasteiger partial charge in [-0.3, -0.25) is 0 Å². The Balaban J connectivity index is 2.16. The van der Waals surface area contributed by atoms with E-state index in [0.29, 0.717) is 12.5 Å². The number of hydrogen-bond donors (Lipinski definition) is 1. The molecule has 0 fully saturated rings. The number of aromatic nitrogens is 3. The van der Waals surface area contributed by atoms with Crippen LogP contribution in [0.15, 0.2) is 29.8 Å². The number of fused-ring (bicyclic) bond motifs is 1. The number of nitrogen functional groups attached to an aromatic ring is 1. The molecule has 2 N–H and O–H groups in total. The van der Waals surface area contributed by atoms with Crippen LogP contribution in [0.1, 0.15) is 10.6 Å². The lowest BCUT2D eigenvalue weighted by atomic mass is 10.2. The van der Waals surface area contributed by atoms with Gasteiger partial charge in [-0.15, -0.1) is 11.3 Å². The fraction of sp³-hybridized carbons (Fsp3) is 0.167. The number of benzene rings is 1. The monoisotopic (exact) mass is 244 g/mol. The molecule has 2 aromatic heterocycles. The number of para-hydroxylation sites is 1. The van der Waals surface area contributed by atoms with Gasteiger partial charge in [0.1, 0.15) is 5.01 Å². The molecule has 0 atom stereocenters. The molecule has 1 aromatic carbocycles. The van der Waals surface area contributed by atoms with Crippen LogP contribution < -0.4 is 5.73 Å². The molecule has 0 spiro atoms. The van der Waals surface area contributed by atoms with Gasteiger partial charge in [-0.2, -0.15) is 0 Å². The van der Waals surface area contributed by atoms with Crippen molar-refractivity contribution in [2.75, 3.05) is 5.73 Å². The van der Waals surface area contributed by atoms with Crippen LogP contribution in [0.5, 0.6) is 0 Å². The average Bonchev–Trinajstić information content (AvgIpc) is 2.91. The summed E-state index contributed by atoms with van der Waals surface area (Å²) in [5.41, 5.74) is 9.15. The third-order valence-corrected chi connectivity index (χ3v) is 3.55. The Hall–Kier alpha value is -1.88. The lowest BCUT2D eigenvalue weighted by Gasteiger charge is -2.03. The summed E-state index contributed by atoms with van der Waals surface area (Å²) in [6, 6.07) is 6.11. The maximum atomic E-state index is 5.97. The molecule has 0 saturated carbocycles. The molecular formula is C12H12N4S. The van der Waals surface area contributed by atoms with Gasteiger partial charge in [0.05, 0.1) is 17.6 Å². The fourth-order valence-corrected chi connectivity index (χ4v) is 2.54. The van der Waals surface area contributed by atoms with E-state index < -0.39 is 0 Å². The molecule has 0 bridgehead atoms. The van der Waals surface area contributed by atoms with Gasteiger partial charge in [-0.25, -0.2) is 9.97 Å². The quantitative estimate of drug-likeness (QED) is 0.753. The molecule has 4 nitrogen and oxygen atoms in total. The Labute approximate surface area is 103 Å². The summed E-state index contributed by atoms with van der Waals surface area (Å²) < 4.78 is 2.00. The number of aryl methyl sites for hydroxylation is 1. The van der Waals surface area contributed by atoms with Gasteiger partial charge in [-0.05, 0) is 18.6 Å². The summed E-state index contributed by atoms with van der Waals surface area (Å²) in [7, 11) is 0. The van der Waals surface area contributed by atoms with E-state index in [9.17, 15) is 0 Å². The van der Waals surface area contributed by atoms with Crippen LogP contribution >= 0.6 is 11.3 Å². The maximum absolute atomic E-state index is 5.97. The molecule has 3 aromatic rings. The maximum Gasteiger partial charge on any atom is 0.201 e. The summed E-state index contributed by atoms with van der Waals surface area (Å²) >= 11 is 1.63. The minimum atomic E-state index is 0.546. The first kappa shape index (κ1) is 10.3. The SMILES string of the molecule is Cc1cccc2c1nc(N)n2Cc1nccs1. The van der Waals surface area contributed by atoms with Crippen LogP contribution in [0.3, 0.4) is 0 Å². The minimum Gasteiger partial charge on any atom is -0.369 e. The highest BCUT2D eigenvalue weighted by Crippen LogP contribution is 2.22. The van der Waals surface area contributed by atoms with Crippen molar-refractivity contribution < 1.29 is 0 Å². The van der Waals surface area contributed by atoms with E-state index in [0.717, 1.165) is 21.6 Å².